The van der Waals surface area contributed by atoms with Crippen LogP contribution in [0.5, 0.6) is 5.75 Å². The molecule has 0 bridgehead atoms. The molecule has 0 saturated heterocycles. The first-order valence-electron chi connectivity index (χ1n) is 8.18. The number of ether oxygens (including phenoxy) is 1. The Morgan fingerprint density at radius 3 is 2.58 bits per heavy atom. The molecule has 0 aliphatic heterocycles. The van der Waals surface area contributed by atoms with Crippen molar-refractivity contribution in [3.63, 3.8) is 0 Å². The minimum atomic E-state index is 0.707. The van der Waals surface area contributed by atoms with Gasteiger partial charge in [-0.2, -0.15) is 0 Å². The normalized spacial score (nSPS) is 11.0. The van der Waals surface area contributed by atoms with E-state index >= 15 is 0 Å². The van der Waals surface area contributed by atoms with Crippen LogP contribution in [0.2, 0.25) is 0 Å². The maximum absolute atomic E-state index is 5.24. The number of nitrogens with zero attached hydrogens (tertiary/aromatic N) is 1. The van der Waals surface area contributed by atoms with Crippen LogP contribution in [0.4, 0.5) is 5.69 Å². The number of hydrogen-bond acceptors (Lipinski definition) is 3. The Morgan fingerprint density at radius 1 is 1.00 bits per heavy atom. The number of hydrogen-bond donors (Lipinski definition) is 3. The van der Waals surface area contributed by atoms with Crippen molar-refractivity contribution in [1.29, 1.82) is 0 Å². The summed E-state index contributed by atoms with van der Waals surface area (Å²) in [6.45, 7) is 2.49. The molecule has 5 nitrogen and oxygen atoms in total. The molecule has 0 aliphatic rings. The van der Waals surface area contributed by atoms with Gasteiger partial charge in [-0.15, -0.1) is 0 Å². The second-order valence-electron chi connectivity index (χ2n) is 5.35. The number of benzene rings is 2. The van der Waals surface area contributed by atoms with E-state index in [1.54, 1.807) is 14.2 Å². The zero-order valence-corrected chi connectivity index (χ0v) is 14.4. The molecule has 24 heavy (non-hydrogen) atoms. The average molecular weight is 326 g/mol. The van der Waals surface area contributed by atoms with E-state index in [0.717, 1.165) is 42.5 Å². The Kier molecular flexibility index (Phi) is 7.47. The Hall–Kier alpha value is -2.69. The van der Waals surface area contributed by atoms with Gasteiger partial charge in [0.1, 0.15) is 5.75 Å². The van der Waals surface area contributed by atoms with E-state index < -0.39 is 0 Å². The van der Waals surface area contributed by atoms with E-state index in [2.05, 4.69) is 39.1 Å². The fourth-order valence-electron chi connectivity index (χ4n) is 2.27. The van der Waals surface area contributed by atoms with Crippen LogP contribution in [0.1, 0.15) is 12.0 Å². The molecule has 2 aromatic rings. The first-order chi connectivity index (χ1) is 11.8. The molecule has 0 radical (unpaired) electrons. The van der Waals surface area contributed by atoms with Gasteiger partial charge in [0.25, 0.3) is 0 Å². The molecule has 0 atom stereocenters. The highest BCUT2D eigenvalue weighted by atomic mass is 16.5. The maximum atomic E-state index is 5.24. The van der Waals surface area contributed by atoms with Gasteiger partial charge in [-0.3, -0.25) is 4.99 Å². The molecule has 0 heterocycles. The van der Waals surface area contributed by atoms with E-state index in [4.69, 9.17) is 4.74 Å². The number of nitrogens with one attached hydrogen (secondary N) is 3. The monoisotopic (exact) mass is 326 g/mol. The van der Waals surface area contributed by atoms with Crippen molar-refractivity contribution in [1.82, 2.24) is 10.6 Å². The van der Waals surface area contributed by atoms with Crippen molar-refractivity contribution >= 4 is 11.6 Å². The molecular formula is C19H26N4O. The van der Waals surface area contributed by atoms with Gasteiger partial charge in [0.05, 0.1) is 7.11 Å². The van der Waals surface area contributed by atoms with Crippen LogP contribution >= 0.6 is 0 Å². The van der Waals surface area contributed by atoms with Crippen LogP contribution in [-0.4, -0.2) is 33.2 Å². The Morgan fingerprint density at radius 2 is 1.83 bits per heavy atom. The zero-order chi connectivity index (χ0) is 17.0. The topological polar surface area (TPSA) is 57.7 Å². The van der Waals surface area contributed by atoms with E-state index in [0.29, 0.717) is 6.54 Å². The van der Waals surface area contributed by atoms with Crippen LogP contribution in [0, 0.1) is 0 Å². The summed E-state index contributed by atoms with van der Waals surface area (Å²) < 4.78 is 5.24. The number of aliphatic imine (C=N–C) groups is 1. The largest absolute Gasteiger partial charge is 0.497 e. The third-order valence-corrected chi connectivity index (χ3v) is 3.57. The van der Waals surface area contributed by atoms with Crippen LogP contribution < -0.4 is 20.7 Å². The van der Waals surface area contributed by atoms with Crippen molar-refractivity contribution in [2.45, 2.75) is 13.0 Å². The highest BCUT2D eigenvalue weighted by Gasteiger charge is 1.99. The minimum absolute atomic E-state index is 0.707. The summed E-state index contributed by atoms with van der Waals surface area (Å²) in [6, 6.07) is 18.2. The molecule has 0 amide bonds. The molecule has 0 saturated carbocycles. The van der Waals surface area contributed by atoms with Crippen LogP contribution in [-0.2, 0) is 6.54 Å². The SMILES string of the molecule is CN=C(NCCCNc1ccccc1)NCc1cccc(OC)c1. The molecule has 128 valence electrons. The van der Waals surface area contributed by atoms with Gasteiger partial charge in [0, 0.05) is 32.4 Å². The van der Waals surface area contributed by atoms with Crippen LogP contribution in [0.3, 0.4) is 0 Å². The van der Waals surface area contributed by atoms with Crippen molar-refractivity contribution in [3.05, 3.63) is 60.2 Å². The van der Waals surface area contributed by atoms with Crippen molar-refractivity contribution in [2.75, 3.05) is 32.6 Å². The van der Waals surface area contributed by atoms with E-state index in [1.807, 2.05) is 36.4 Å². The summed E-state index contributed by atoms with van der Waals surface area (Å²) in [4.78, 5) is 4.24. The second-order valence-corrected chi connectivity index (χ2v) is 5.35. The molecule has 0 fully saturated rings. The molecule has 3 N–H and O–H groups in total. The number of anilines is 1. The Bertz CT molecular complexity index is 628. The van der Waals surface area contributed by atoms with Crippen molar-refractivity contribution < 1.29 is 4.74 Å². The lowest BCUT2D eigenvalue weighted by atomic mass is 10.2. The second kappa shape index (κ2) is 10.2. The molecule has 2 rings (SSSR count). The lowest BCUT2D eigenvalue weighted by molar-refractivity contribution is 0.414. The lowest BCUT2D eigenvalue weighted by Crippen LogP contribution is -2.37. The zero-order valence-electron chi connectivity index (χ0n) is 14.4. The van der Waals surface area contributed by atoms with Crippen molar-refractivity contribution in [2.24, 2.45) is 4.99 Å². The average Bonchev–Trinajstić information content (AvgIpc) is 2.65. The van der Waals surface area contributed by atoms with E-state index in [-0.39, 0.29) is 0 Å². The molecule has 5 heteroatoms. The minimum Gasteiger partial charge on any atom is -0.497 e. The smallest absolute Gasteiger partial charge is 0.191 e. The standard InChI is InChI=1S/C19H26N4O/c1-20-19(23-15-16-8-6-11-18(14-16)24-2)22-13-7-12-21-17-9-4-3-5-10-17/h3-6,8-11,14,21H,7,12-13,15H2,1-2H3,(H2,20,22,23). The first kappa shape index (κ1) is 17.7. The highest BCUT2D eigenvalue weighted by molar-refractivity contribution is 5.79. The molecule has 0 unspecified atom stereocenters. The fourth-order valence-corrected chi connectivity index (χ4v) is 2.27. The third-order valence-electron chi connectivity index (χ3n) is 3.57. The van der Waals surface area contributed by atoms with Gasteiger partial charge in [-0.1, -0.05) is 30.3 Å². The predicted molar refractivity (Wildman–Crippen MR) is 101 cm³/mol. The number of rotatable bonds is 8. The van der Waals surface area contributed by atoms with Gasteiger partial charge in [0.15, 0.2) is 5.96 Å². The fraction of sp³-hybridized carbons (Fsp3) is 0.316. The first-order valence-corrected chi connectivity index (χ1v) is 8.18. The van der Waals surface area contributed by atoms with Crippen LogP contribution in [0.15, 0.2) is 59.6 Å². The highest BCUT2D eigenvalue weighted by Crippen LogP contribution is 2.12. The lowest BCUT2D eigenvalue weighted by Gasteiger charge is -2.13. The summed E-state index contributed by atoms with van der Waals surface area (Å²) >= 11 is 0. The Balaban J connectivity index is 1.65. The summed E-state index contributed by atoms with van der Waals surface area (Å²) in [5, 5.41) is 10.0. The van der Waals surface area contributed by atoms with Gasteiger partial charge in [-0.25, -0.2) is 0 Å². The number of methoxy groups -OCH3 is 1. The summed E-state index contributed by atoms with van der Waals surface area (Å²) in [5.41, 5.74) is 2.31. The molecule has 0 aromatic heterocycles. The predicted octanol–water partition coefficient (Wildman–Crippen LogP) is 2.86. The van der Waals surface area contributed by atoms with E-state index in [9.17, 15) is 0 Å². The van der Waals surface area contributed by atoms with Crippen molar-refractivity contribution in [3.8, 4) is 5.75 Å². The molecular weight excluding hydrogens is 300 g/mol. The van der Waals surface area contributed by atoms with Gasteiger partial charge in [-0.05, 0) is 36.2 Å². The maximum Gasteiger partial charge on any atom is 0.191 e. The summed E-state index contributed by atoms with van der Waals surface area (Å²) in [5.74, 6) is 1.67. The third kappa shape index (κ3) is 6.20. The van der Waals surface area contributed by atoms with Gasteiger partial charge < -0.3 is 20.7 Å². The molecule has 2 aromatic carbocycles. The van der Waals surface area contributed by atoms with Gasteiger partial charge >= 0.3 is 0 Å². The summed E-state index contributed by atoms with van der Waals surface area (Å²) in [6.07, 6.45) is 1.01. The quantitative estimate of drug-likeness (QED) is 0.397. The number of para-hydroxylation sites is 1. The van der Waals surface area contributed by atoms with Crippen LogP contribution in [0.25, 0.3) is 0 Å². The Labute approximate surface area is 144 Å². The van der Waals surface area contributed by atoms with Gasteiger partial charge in [0.2, 0.25) is 0 Å². The van der Waals surface area contributed by atoms with E-state index in [1.165, 1.54) is 0 Å². The molecule has 0 spiro atoms. The molecule has 0 aliphatic carbocycles. The summed E-state index contributed by atoms with van der Waals surface area (Å²) in [7, 11) is 3.46. The number of guanidine groups is 1.